The van der Waals surface area contributed by atoms with Gasteiger partial charge < -0.3 is 15.5 Å². The maximum Gasteiger partial charge on any atom is 0.255 e. The number of anilines is 2. The lowest BCUT2D eigenvalue weighted by Crippen LogP contribution is -2.52. The van der Waals surface area contributed by atoms with Crippen molar-refractivity contribution in [3.8, 4) is 0 Å². The predicted molar refractivity (Wildman–Crippen MR) is 113 cm³/mol. The smallest absolute Gasteiger partial charge is 0.255 e. The van der Waals surface area contributed by atoms with Crippen molar-refractivity contribution in [1.82, 2.24) is 10.2 Å². The molecule has 3 aliphatic rings. The number of hydrogen-bond acceptors (Lipinski definition) is 5. The van der Waals surface area contributed by atoms with Crippen molar-refractivity contribution >= 4 is 29.1 Å². The molecular formula is C23H24N4O3. The van der Waals surface area contributed by atoms with Gasteiger partial charge in [0.2, 0.25) is 11.8 Å². The van der Waals surface area contributed by atoms with Crippen LogP contribution in [0, 0.1) is 0 Å². The molecule has 30 heavy (non-hydrogen) atoms. The Morgan fingerprint density at radius 2 is 2.00 bits per heavy atom. The molecule has 1 unspecified atom stereocenters. The first-order valence-electron chi connectivity index (χ1n) is 10.5. The maximum absolute atomic E-state index is 12.9. The second-order valence-corrected chi connectivity index (χ2v) is 8.10. The van der Waals surface area contributed by atoms with E-state index in [-0.39, 0.29) is 24.1 Å². The van der Waals surface area contributed by atoms with Crippen LogP contribution in [-0.4, -0.2) is 35.2 Å². The first-order valence-corrected chi connectivity index (χ1v) is 10.5. The predicted octanol–water partition coefficient (Wildman–Crippen LogP) is 2.42. The lowest BCUT2D eigenvalue weighted by molar-refractivity contribution is -0.136. The number of aryl methyl sites for hydroxylation is 1. The summed E-state index contributed by atoms with van der Waals surface area (Å²) in [5.74, 6) is -0.790. The monoisotopic (exact) mass is 404 g/mol. The molecule has 1 fully saturated rings. The molecule has 2 aromatic rings. The van der Waals surface area contributed by atoms with Crippen molar-refractivity contribution in [3.05, 3.63) is 58.7 Å². The fraction of sp³-hybridized carbons (Fsp3) is 0.348. The van der Waals surface area contributed by atoms with Crippen molar-refractivity contribution in [2.75, 3.05) is 17.2 Å². The van der Waals surface area contributed by atoms with Crippen LogP contribution in [0.5, 0.6) is 0 Å². The van der Waals surface area contributed by atoms with Crippen molar-refractivity contribution in [3.63, 3.8) is 0 Å². The van der Waals surface area contributed by atoms with E-state index in [1.54, 1.807) is 4.90 Å². The van der Waals surface area contributed by atoms with Crippen LogP contribution in [0.25, 0.3) is 0 Å². The number of benzene rings is 2. The number of carbonyl (C=O) groups is 3. The molecule has 154 valence electrons. The van der Waals surface area contributed by atoms with Gasteiger partial charge in [-0.1, -0.05) is 12.1 Å². The van der Waals surface area contributed by atoms with Gasteiger partial charge in [0.25, 0.3) is 5.91 Å². The first kappa shape index (κ1) is 18.7. The Morgan fingerprint density at radius 3 is 2.87 bits per heavy atom. The largest absolute Gasteiger partial charge is 0.385 e. The summed E-state index contributed by atoms with van der Waals surface area (Å²) >= 11 is 0. The van der Waals surface area contributed by atoms with E-state index < -0.39 is 6.04 Å². The van der Waals surface area contributed by atoms with Crippen LogP contribution in [0.4, 0.5) is 11.4 Å². The molecule has 3 N–H and O–H groups in total. The van der Waals surface area contributed by atoms with Crippen LogP contribution in [0.1, 0.15) is 46.3 Å². The summed E-state index contributed by atoms with van der Waals surface area (Å²) in [6.45, 7) is 2.02. The molecule has 3 amide bonds. The van der Waals surface area contributed by atoms with E-state index in [0.717, 1.165) is 36.2 Å². The van der Waals surface area contributed by atoms with Crippen LogP contribution < -0.4 is 16.0 Å². The number of rotatable bonds is 4. The Morgan fingerprint density at radius 1 is 1.10 bits per heavy atom. The standard InChI is InChI=1S/C23H24N4O3/c28-21-9-8-20(22(29)26-21)27-13-18-15(3-1-5-17(18)23(27)30)12-25-16-6-7-19-14(11-16)4-2-10-24-19/h1,3,5-7,11,20,24-25H,2,4,8-10,12-13H2,(H,26,28,29). The van der Waals surface area contributed by atoms with Crippen LogP contribution in [0.2, 0.25) is 0 Å². The minimum Gasteiger partial charge on any atom is -0.385 e. The molecule has 0 aromatic heterocycles. The van der Waals surface area contributed by atoms with E-state index in [0.29, 0.717) is 25.1 Å². The average Bonchev–Trinajstić information content (AvgIpc) is 3.09. The minimum absolute atomic E-state index is 0.138. The summed E-state index contributed by atoms with van der Waals surface area (Å²) in [5.41, 5.74) is 6.24. The van der Waals surface area contributed by atoms with Gasteiger partial charge in [0.1, 0.15) is 6.04 Å². The number of nitrogens with one attached hydrogen (secondary N) is 3. The van der Waals surface area contributed by atoms with Crippen LogP contribution in [0.3, 0.4) is 0 Å². The Bertz CT molecular complexity index is 1050. The Hall–Kier alpha value is -3.35. The van der Waals surface area contributed by atoms with Gasteiger partial charge in [0.15, 0.2) is 0 Å². The summed E-state index contributed by atoms with van der Waals surface area (Å²) in [5, 5.41) is 9.25. The van der Waals surface area contributed by atoms with Crippen LogP contribution in [-0.2, 0) is 29.1 Å². The van der Waals surface area contributed by atoms with Crippen molar-refractivity contribution in [2.24, 2.45) is 0 Å². The van der Waals surface area contributed by atoms with Gasteiger partial charge in [0, 0.05) is 43.0 Å². The molecule has 0 spiro atoms. The summed E-state index contributed by atoms with van der Waals surface area (Å²) < 4.78 is 0. The molecule has 3 aliphatic heterocycles. The van der Waals surface area contributed by atoms with Gasteiger partial charge in [-0.25, -0.2) is 0 Å². The average molecular weight is 404 g/mol. The highest BCUT2D eigenvalue weighted by Gasteiger charge is 2.39. The lowest BCUT2D eigenvalue weighted by atomic mass is 10.0. The SMILES string of the molecule is O=C1CCC(N2Cc3c(CNc4ccc5c(c4)CCCN5)cccc3C2=O)C(=O)N1. The zero-order chi connectivity index (χ0) is 20.7. The fourth-order valence-electron chi connectivity index (χ4n) is 4.60. The molecule has 3 heterocycles. The third-order valence-electron chi connectivity index (χ3n) is 6.21. The molecule has 0 bridgehead atoms. The van der Waals surface area contributed by atoms with Crippen LogP contribution in [0.15, 0.2) is 36.4 Å². The van der Waals surface area contributed by atoms with E-state index in [1.165, 1.54) is 11.3 Å². The minimum atomic E-state index is -0.587. The molecule has 7 nitrogen and oxygen atoms in total. The highest BCUT2D eigenvalue weighted by Crippen LogP contribution is 2.31. The zero-order valence-corrected chi connectivity index (χ0v) is 16.7. The summed E-state index contributed by atoms with van der Waals surface area (Å²) in [6, 6.07) is 11.5. The number of fused-ring (bicyclic) bond motifs is 2. The first-order chi connectivity index (χ1) is 14.6. The van der Waals surface area contributed by atoms with Gasteiger partial charge in [-0.3, -0.25) is 19.7 Å². The molecule has 0 radical (unpaired) electrons. The number of hydrogen-bond donors (Lipinski definition) is 3. The van der Waals surface area contributed by atoms with Crippen molar-refractivity contribution in [2.45, 2.75) is 44.8 Å². The second-order valence-electron chi connectivity index (χ2n) is 8.10. The van der Waals surface area contributed by atoms with E-state index in [9.17, 15) is 14.4 Å². The molecular weight excluding hydrogens is 380 g/mol. The molecule has 5 rings (SSSR count). The molecule has 7 heteroatoms. The topological polar surface area (TPSA) is 90.5 Å². The zero-order valence-electron chi connectivity index (χ0n) is 16.7. The quantitative estimate of drug-likeness (QED) is 0.681. The van der Waals surface area contributed by atoms with Gasteiger partial charge >= 0.3 is 0 Å². The number of imide groups is 1. The Labute approximate surface area is 174 Å². The summed E-state index contributed by atoms with van der Waals surface area (Å²) in [4.78, 5) is 38.2. The highest BCUT2D eigenvalue weighted by atomic mass is 16.2. The van der Waals surface area contributed by atoms with E-state index >= 15 is 0 Å². The summed E-state index contributed by atoms with van der Waals surface area (Å²) in [7, 11) is 0. The summed E-state index contributed by atoms with van der Waals surface area (Å²) in [6.07, 6.45) is 2.86. The highest BCUT2D eigenvalue weighted by molar-refractivity contribution is 6.05. The number of nitrogens with zero attached hydrogens (tertiary/aromatic N) is 1. The van der Waals surface area contributed by atoms with Gasteiger partial charge in [-0.05, 0) is 60.2 Å². The van der Waals surface area contributed by atoms with Crippen LogP contribution >= 0.6 is 0 Å². The maximum atomic E-state index is 12.9. The third-order valence-corrected chi connectivity index (χ3v) is 6.21. The van der Waals surface area contributed by atoms with E-state index in [1.807, 2.05) is 18.2 Å². The van der Waals surface area contributed by atoms with Crippen molar-refractivity contribution in [1.29, 1.82) is 0 Å². The molecule has 1 atom stereocenters. The number of amides is 3. The Kier molecular flexibility index (Phi) is 4.65. The second kappa shape index (κ2) is 7.48. The van der Waals surface area contributed by atoms with Gasteiger partial charge in [-0.2, -0.15) is 0 Å². The number of carbonyl (C=O) groups excluding carboxylic acids is 3. The van der Waals surface area contributed by atoms with Crippen molar-refractivity contribution < 1.29 is 14.4 Å². The number of piperidine rings is 1. The lowest BCUT2D eigenvalue weighted by Gasteiger charge is -2.29. The molecule has 0 saturated carbocycles. The third kappa shape index (κ3) is 3.30. The fourth-order valence-corrected chi connectivity index (χ4v) is 4.60. The van der Waals surface area contributed by atoms with Gasteiger partial charge in [0.05, 0.1) is 0 Å². The normalized spacial score (nSPS) is 20.3. The Balaban J connectivity index is 1.33. The van der Waals surface area contributed by atoms with E-state index in [2.05, 4.69) is 34.1 Å². The van der Waals surface area contributed by atoms with Gasteiger partial charge in [-0.15, -0.1) is 0 Å². The molecule has 2 aromatic carbocycles. The molecule has 1 saturated heterocycles. The molecule has 0 aliphatic carbocycles. The van der Waals surface area contributed by atoms with E-state index in [4.69, 9.17) is 0 Å².